The zero-order chi connectivity index (χ0) is 26.7. The fourth-order valence-corrected chi connectivity index (χ4v) is 6.91. The maximum absolute atomic E-state index is 13.7. The van der Waals surface area contributed by atoms with Crippen LogP contribution in [0.5, 0.6) is 5.75 Å². The molecule has 2 amide bonds. The predicted molar refractivity (Wildman–Crippen MR) is 149 cm³/mol. The lowest BCUT2D eigenvalue weighted by Gasteiger charge is -2.56. The molecule has 196 valence electrons. The van der Waals surface area contributed by atoms with E-state index in [0.717, 1.165) is 11.1 Å². The van der Waals surface area contributed by atoms with Crippen molar-refractivity contribution >= 4 is 45.5 Å². The molecule has 9 heteroatoms. The van der Waals surface area contributed by atoms with Gasteiger partial charge >= 0.3 is 5.97 Å². The van der Waals surface area contributed by atoms with E-state index >= 15 is 0 Å². The molecule has 0 aliphatic carbocycles. The molecule has 7 nitrogen and oxygen atoms in total. The third kappa shape index (κ3) is 5.44. The summed E-state index contributed by atoms with van der Waals surface area (Å²) < 4.78 is 10.9. The average Bonchev–Trinajstić information content (AvgIpc) is 2.94. The first-order valence-electron chi connectivity index (χ1n) is 12.3. The number of benzene rings is 3. The quantitative estimate of drug-likeness (QED) is 0.237. The van der Waals surface area contributed by atoms with Gasteiger partial charge in [-0.15, -0.1) is 11.8 Å². The number of nitrogens with one attached hydrogen (secondary N) is 1. The molecule has 2 heterocycles. The number of ether oxygens (including phenoxy) is 2. The van der Waals surface area contributed by atoms with Gasteiger partial charge in [0, 0.05) is 5.75 Å². The number of para-hydroxylation sites is 1. The van der Waals surface area contributed by atoms with Crippen LogP contribution in [-0.2, 0) is 19.1 Å². The molecule has 4 atom stereocenters. The maximum atomic E-state index is 13.7. The Balaban J connectivity index is 1.30. The number of β-lactam (4-membered cyclic amide) rings is 1. The molecule has 1 N–H and O–H groups in total. The van der Waals surface area contributed by atoms with Gasteiger partial charge in [0.25, 0.3) is 5.91 Å². The van der Waals surface area contributed by atoms with E-state index in [-0.39, 0.29) is 17.9 Å². The van der Waals surface area contributed by atoms with Crippen LogP contribution in [0.4, 0.5) is 0 Å². The van der Waals surface area contributed by atoms with Gasteiger partial charge in [0.1, 0.15) is 23.2 Å². The zero-order valence-electron chi connectivity index (χ0n) is 20.7. The minimum absolute atomic E-state index is 0.206. The highest BCUT2D eigenvalue weighted by atomic mass is 79.9. The van der Waals surface area contributed by atoms with Gasteiger partial charge < -0.3 is 19.7 Å². The number of nitrogens with zero attached hydrogens (tertiary/aromatic N) is 1. The molecule has 3 aromatic rings. The molecule has 0 aromatic heterocycles. The first-order valence-corrected chi connectivity index (χ1v) is 14.1. The average molecular weight is 596 g/mol. The highest BCUT2D eigenvalue weighted by molar-refractivity contribution is 9.10. The van der Waals surface area contributed by atoms with E-state index in [1.165, 1.54) is 16.7 Å². The van der Waals surface area contributed by atoms with Crippen LogP contribution in [-0.4, -0.2) is 56.8 Å². The number of hydrogen-bond acceptors (Lipinski definition) is 6. The number of hydrogen-bond donors (Lipinski definition) is 1. The third-order valence-electron chi connectivity index (χ3n) is 6.56. The minimum atomic E-state index is -0.857. The largest absolute Gasteiger partial charge is 0.484 e. The van der Waals surface area contributed by atoms with Crippen molar-refractivity contribution in [2.24, 2.45) is 0 Å². The number of alkyl halides is 1. The molecule has 0 unspecified atom stereocenters. The second kappa shape index (κ2) is 11.2. The summed E-state index contributed by atoms with van der Waals surface area (Å²) in [4.78, 5) is 41.0. The van der Waals surface area contributed by atoms with Gasteiger partial charge in [0.05, 0.1) is 4.32 Å². The summed E-state index contributed by atoms with van der Waals surface area (Å²) in [6, 6.07) is 26.5. The first kappa shape index (κ1) is 26.3. The van der Waals surface area contributed by atoms with Crippen molar-refractivity contribution in [2.75, 3.05) is 12.4 Å². The molecule has 2 aliphatic rings. The summed E-state index contributed by atoms with van der Waals surface area (Å²) in [5.41, 5.74) is 1.67. The predicted octanol–water partition coefficient (Wildman–Crippen LogP) is 4.32. The van der Waals surface area contributed by atoms with E-state index in [0.29, 0.717) is 11.5 Å². The molecule has 2 aliphatic heterocycles. The highest BCUT2D eigenvalue weighted by Gasteiger charge is 2.61. The number of halogens is 1. The van der Waals surface area contributed by atoms with E-state index in [1.54, 1.807) is 12.1 Å². The SMILES string of the molecule is C[C@@]1(Br)CS[C@@H]2[C@H](NC(=O)COc3ccccc3)C(=O)N2[C@H]1C(=O)OC(c1ccccc1)c1ccccc1. The number of fused-ring (bicyclic) bond motifs is 1. The molecule has 2 fully saturated rings. The van der Waals surface area contributed by atoms with Crippen molar-refractivity contribution in [1.29, 1.82) is 0 Å². The Morgan fingerprint density at radius 1 is 1.00 bits per heavy atom. The number of carbonyl (C=O) groups is 3. The van der Waals surface area contributed by atoms with E-state index in [1.807, 2.05) is 85.8 Å². The van der Waals surface area contributed by atoms with Crippen LogP contribution in [0, 0.1) is 0 Å². The zero-order valence-corrected chi connectivity index (χ0v) is 23.1. The summed E-state index contributed by atoms with van der Waals surface area (Å²) in [6.07, 6.45) is -0.622. The number of carbonyl (C=O) groups excluding carboxylic acids is 3. The van der Waals surface area contributed by atoms with E-state index in [9.17, 15) is 14.4 Å². The smallest absolute Gasteiger partial charge is 0.331 e. The van der Waals surface area contributed by atoms with Crippen LogP contribution in [0.2, 0.25) is 0 Å². The first-order chi connectivity index (χ1) is 18.3. The van der Waals surface area contributed by atoms with Gasteiger partial charge in [-0.05, 0) is 30.2 Å². The fourth-order valence-electron chi connectivity index (χ4n) is 4.69. The van der Waals surface area contributed by atoms with Crippen LogP contribution < -0.4 is 10.1 Å². The monoisotopic (exact) mass is 594 g/mol. The summed E-state index contributed by atoms with van der Waals surface area (Å²) in [5, 5.41) is 2.39. The van der Waals surface area contributed by atoms with Crippen molar-refractivity contribution in [3.05, 3.63) is 102 Å². The minimum Gasteiger partial charge on any atom is -0.484 e. The summed E-state index contributed by atoms with van der Waals surface area (Å²) in [6.45, 7) is 1.68. The molecule has 2 saturated heterocycles. The topological polar surface area (TPSA) is 84.9 Å². The Kier molecular flexibility index (Phi) is 7.76. The van der Waals surface area contributed by atoms with Crippen molar-refractivity contribution in [2.45, 2.75) is 34.8 Å². The standard InChI is InChI=1S/C29H27BrN2O5S/c1-29(30)18-38-27-23(31-22(33)17-36-21-15-9-4-10-16-21)26(34)32(27)25(29)28(35)37-24(19-11-5-2-6-12-19)20-13-7-3-8-14-20/h2-16,23-25,27H,17-18H2,1H3,(H,31,33)/t23-,25+,27-,29-/m1/s1. The fraction of sp³-hybridized carbons (Fsp3) is 0.276. The lowest BCUT2D eigenvalue weighted by Crippen LogP contribution is -2.78. The molecule has 0 radical (unpaired) electrons. The van der Waals surface area contributed by atoms with Crippen molar-refractivity contribution in [3.63, 3.8) is 0 Å². The van der Waals surface area contributed by atoms with Crippen LogP contribution >= 0.6 is 27.7 Å². The number of thioether (sulfide) groups is 1. The molecule has 3 aromatic carbocycles. The summed E-state index contributed by atoms with van der Waals surface area (Å²) >= 11 is 5.21. The molecule has 5 rings (SSSR count). The molecular weight excluding hydrogens is 568 g/mol. The Labute approximate surface area is 234 Å². The Morgan fingerprint density at radius 2 is 1.55 bits per heavy atom. The second-order valence-corrected chi connectivity index (χ2v) is 12.3. The maximum Gasteiger partial charge on any atom is 0.331 e. The highest BCUT2D eigenvalue weighted by Crippen LogP contribution is 2.46. The van der Waals surface area contributed by atoms with Crippen LogP contribution in [0.3, 0.4) is 0 Å². The lowest BCUT2D eigenvalue weighted by molar-refractivity contribution is -0.169. The van der Waals surface area contributed by atoms with Gasteiger partial charge in [-0.1, -0.05) is 94.8 Å². The van der Waals surface area contributed by atoms with Crippen LogP contribution in [0.25, 0.3) is 0 Å². The van der Waals surface area contributed by atoms with Crippen molar-refractivity contribution in [3.8, 4) is 5.75 Å². The van der Waals surface area contributed by atoms with E-state index in [2.05, 4.69) is 21.2 Å². The number of amides is 2. The molecule has 0 bridgehead atoms. The number of esters is 1. The van der Waals surface area contributed by atoms with Gasteiger partial charge in [-0.25, -0.2) is 4.79 Å². The molecule has 38 heavy (non-hydrogen) atoms. The van der Waals surface area contributed by atoms with Gasteiger partial charge in [0.2, 0.25) is 5.91 Å². The van der Waals surface area contributed by atoms with Crippen LogP contribution in [0.15, 0.2) is 91.0 Å². The Hall–Kier alpha value is -3.30. The summed E-state index contributed by atoms with van der Waals surface area (Å²) in [7, 11) is 0. The summed E-state index contributed by atoms with van der Waals surface area (Å²) in [5.74, 6) is -0.0978. The molecule has 0 saturated carbocycles. The van der Waals surface area contributed by atoms with Gasteiger partial charge in [0.15, 0.2) is 12.7 Å². The third-order valence-corrected chi connectivity index (χ3v) is 9.25. The van der Waals surface area contributed by atoms with Crippen molar-refractivity contribution in [1.82, 2.24) is 10.2 Å². The van der Waals surface area contributed by atoms with Crippen LogP contribution in [0.1, 0.15) is 24.2 Å². The Morgan fingerprint density at radius 3 is 2.13 bits per heavy atom. The van der Waals surface area contributed by atoms with E-state index in [4.69, 9.17) is 9.47 Å². The van der Waals surface area contributed by atoms with Crippen molar-refractivity contribution < 1.29 is 23.9 Å². The lowest BCUT2D eigenvalue weighted by atomic mass is 9.94. The normalized spacial score (nSPS) is 24.2. The van der Waals surface area contributed by atoms with E-state index < -0.39 is 34.4 Å². The van der Waals surface area contributed by atoms with Gasteiger partial charge in [-0.2, -0.15) is 0 Å². The molecular formula is C29H27BrN2O5S. The number of rotatable bonds is 8. The van der Waals surface area contributed by atoms with Gasteiger partial charge in [-0.3, -0.25) is 9.59 Å². The second-order valence-electron chi connectivity index (χ2n) is 9.41. The molecule has 0 spiro atoms. The Bertz CT molecular complexity index is 1250.